The van der Waals surface area contributed by atoms with Crippen molar-refractivity contribution in [2.45, 2.75) is 95.4 Å². The smallest absolute Gasteiger partial charge is 0.336 e. The molecule has 0 aliphatic heterocycles. The van der Waals surface area contributed by atoms with Gasteiger partial charge in [0.25, 0.3) is 0 Å². The molecule has 0 amide bonds. The van der Waals surface area contributed by atoms with Gasteiger partial charge in [-0.1, -0.05) is 119 Å². The van der Waals surface area contributed by atoms with Crippen LogP contribution in [-0.4, -0.2) is 10.2 Å². The zero-order valence-corrected chi connectivity index (χ0v) is 24.7. The van der Waals surface area contributed by atoms with Crippen molar-refractivity contribution in [1.82, 2.24) is 0 Å². The van der Waals surface area contributed by atoms with Crippen molar-refractivity contribution in [2.75, 3.05) is 0 Å². The zero-order chi connectivity index (χ0) is 28.7. The Balaban J connectivity index is -0.000000575. The predicted octanol–water partition coefficient (Wildman–Crippen LogP) is 10.3. The van der Waals surface area contributed by atoms with Crippen LogP contribution in [0.15, 0.2) is 70.1 Å². The summed E-state index contributed by atoms with van der Waals surface area (Å²) in [5.74, 6) is 0.750. The molecule has 3 rings (SSSR count). The van der Waals surface area contributed by atoms with Crippen molar-refractivity contribution in [3.05, 3.63) is 76.9 Å². The van der Waals surface area contributed by atoms with Crippen LogP contribution in [0.4, 0.5) is 0 Å². The standard InChI is InChI=1S/C17H14O3.C7H14O.4C2H6/c1-2-12-15(18)9-8-13-14(10-16(19)20-17(12)13)11-6-4-3-5-7-11;1-4-5-6(2)7(3)8;4*1-2/h3-10,18H,2H2,1H3;6,8H,3-5H2,1-2H3;4*1-2H3/t;6-;;;;/m.1..../s1. The maximum atomic E-state index is 11.8. The first-order valence-corrected chi connectivity index (χ1v) is 13.6. The lowest BCUT2D eigenvalue weighted by Gasteiger charge is -2.09. The first-order valence-electron chi connectivity index (χ1n) is 13.6. The van der Waals surface area contributed by atoms with Crippen LogP contribution >= 0.6 is 0 Å². The van der Waals surface area contributed by atoms with Crippen LogP contribution in [0, 0.1) is 5.92 Å². The Hall–Kier alpha value is -3.01. The lowest BCUT2D eigenvalue weighted by atomic mass is 9.99. The lowest BCUT2D eigenvalue weighted by Crippen LogP contribution is -2.00. The van der Waals surface area contributed by atoms with Crippen LogP contribution in [0.3, 0.4) is 0 Å². The van der Waals surface area contributed by atoms with Gasteiger partial charge in [-0.15, -0.1) is 0 Å². The van der Waals surface area contributed by atoms with E-state index in [0.29, 0.717) is 23.3 Å². The number of aryl methyl sites for hydroxylation is 1. The number of phenolic OH excluding ortho intramolecular Hbond substituents is 1. The maximum absolute atomic E-state index is 11.8. The molecule has 0 saturated carbocycles. The molecule has 0 spiro atoms. The van der Waals surface area contributed by atoms with Crippen molar-refractivity contribution in [3.63, 3.8) is 0 Å². The highest BCUT2D eigenvalue weighted by Gasteiger charge is 2.13. The SMILES string of the molecule is C=C(O)[C@H](C)CCC.CC.CC.CC.CC.CCc1c(O)ccc2c(-c3ccccc3)cc(=O)oc12. The van der Waals surface area contributed by atoms with E-state index in [1.165, 1.54) is 6.07 Å². The molecule has 0 unspecified atom stereocenters. The fraction of sp³-hybridized carbons (Fsp3) is 0.469. The Morgan fingerprint density at radius 1 is 0.917 bits per heavy atom. The molecule has 4 heteroatoms. The average Bonchev–Trinajstić information content (AvgIpc) is 2.93. The zero-order valence-electron chi connectivity index (χ0n) is 24.7. The van der Waals surface area contributed by atoms with Gasteiger partial charge in [0.1, 0.15) is 11.3 Å². The molecule has 0 aliphatic rings. The third-order valence-electron chi connectivity index (χ3n) is 4.72. The van der Waals surface area contributed by atoms with E-state index in [-0.39, 0.29) is 11.7 Å². The van der Waals surface area contributed by atoms with Crippen molar-refractivity contribution in [2.24, 2.45) is 5.92 Å². The Labute approximate surface area is 220 Å². The number of aliphatic hydroxyl groups is 1. The van der Waals surface area contributed by atoms with Gasteiger partial charge in [-0.3, -0.25) is 0 Å². The minimum absolute atomic E-state index is 0.161. The quantitative estimate of drug-likeness (QED) is 0.270. The molecule has 1 atom stereocenters. The first kappa shape index (κ1) is 37.5. The molecule has 0 aliphatic carbocycles. The number of hydrogen-bond acceptors (Lipinski definition) is 4. The van der Waals surface area contributed by atoms with E-state index < -0.39 is 5.63 Å². The largest absolute Gasteiger partial charge is 0.513 e. The number of hydrogen-bond donors (Lipinski definition) is 2. The van der Waals surface area contributed by atoms with Crippen molar-refractivity contribution in [1.29, 1.82) is 0 Å². The summed E-state index contributed by atoms with van der Waals surface area (Å²) in [5, 5.41) is 19.5. The van der Waals surface area contributed by atoms with E-state index >= 15 is 0 Å². The summed E-state index contributed by atoms with van der Waals surface area (Å²) in [6.45, 7) is 25.4. The molecule has 0 saturated heterocycles. The molecule has 0 fully saturated rings. The summed E-state index contributed by atoms with van der Waals surface area (Å²) in [5.41, 5.74) is 2.51. The van der Waals surface area contributed by atoms with Gasteiger partial charge in [0, 0.05) is 22.9 Å². The fourth-order valence-corrected chi connectivity index (χ4v) is 3.07. The summed E-state index contributed by atoms with van der Waals surface area (Å²) in [6, 6.07) is 14.6. The van der Waals surface area contributed by atoms with Gasteiger partial charge in [-0.2, -0.15) is 0 Å². The van der Waals surface area contributed by atoms with Gasteiger partial charge in [0.15, 0.2) is 0 Å². The molecule has 3 aromatic rings. The third-order valence-corrected chi connectivity index (χ3v) is 4.72. The second-order valence-corrected chi connectivity index (χ2v) is 6.82. The Morgan fingerprint density at radius 3 is 1.86 bits per heavy atom. The van der Waals surface area contributed by atoms with Gasteiger partial charge in [0.2, 0.25) is 0 Å². The van der Waals surface area contributed by atoms with Crippen LogP contribution < -0.4 is 5.63 Å². The van der Waals surface area contributed by atoms with E-state index in [2.05, 4.69) is 13.5 Å². The molecule has 0 radical (unpaired) electrons. The highest BCUT2D eigenvalue weighted by atomic mass is 16.4. The van der Waals surface area contributed by atoms with Gasteiger partial charge < -0.3 is 14.6 Å². The van der Waals surface area contributed by atoms with Crippen LogP contribution in [0.1, 0.15) is 94.6 Å². The van der Waals surface area contributed by atoms with E-state index in [1.807, 2.05) is 99.6 Å². The van der Waals surface area contributed by atoms with E-state index in [4.69, 9.17) is 9.52 Å². The van der Waals surface area contributed by atoms with Gasteiger partial charge >= 0.3 is 5.63 Å². The molecule has 2 aromatic carbocycles. The summed E-state index contributed by atoms with van der Waals surface area (Å²) < 4.78 is 5.31. The van der Waals surface area contributed by atoms with Crippen LogP contribution in [0.2, 0.25) is 0 Å². The number of benzene rings is 2. The van der Waals surface area contributed by atoms with Crippen molar-refractivity contribution < 1.29 is 14.6 Å². The molecule has 1 aromatic heterocycles. The number of aliphatic hydroxyl groups excluding tert-OH is 1. The second kappa shape index (κ2) is 23.7. The normalized spacial score (nSPS) is 9.64. The average molecular weight is 501 g/mol. The third kappa shape index (κ3) is 12.6. The number of aromatic hydroxyl groups is 1. The molecule has 2 N–H and O–H groups in total. The molecule has 1 heterocycles. The van der Waals surface area contributed by atoms with Crippen molar-refractivity contribution in [3.8, 4) is 16.9 Å². The number of rotatable bonds is 5. The second-order valence-electron chi connectivity index (χ2n) is 6.82. The molecule has 204 valence electrons. The maximum Gasteiger partial charge on any atom is 0.336 e. The molecular formula is C32H52O4. The van der Waals surface area contributed by atoms with Crippen LogP contribution in [-0.2, 0) is 6.42 Å². The molecule has 4 nitrogen and oxygen atoms in total. The Kier molecular flexibility index (Phi) is 24.7. The number of allylic oxidation sites excluding steroid dienone is 1. The first-order chi connectivity index (χ1) is 17.4. The summed E-state index contributed by atoms with van der Waals surface area (Å²) >= 11 is 0. The Morgan fingerprint density at radius 2 is 1.44 bits per heavy atom. The monoisotopic (exact) mass is 500 g/mol. The highest BCUT2D eigenvalue weighted by Crippen LogP contribution is 2.33. The molecule has 36 heavy (non-hydrogen) atoms. The molecule has 0 bridgehead atoms. The summed E-state index contributed by atoms with van der Waals surface area (Å²) in [4.78, 5) is 11.8. The van der Waals surface area contributed by atoms with Gasteiger partial charge in [-0.25, -0.2) is 4.79 Å². The van der Waals surface area contributed by atoms with Crippen LogP contribution in [0.25, 0.3) is 22.1 Å². The summed E-state index contributed by atoms with van der Waals surface area (Å²) in [7, 11) is 0. The fourth-order valence-electron chi connectivity index (χ4n) is 3.07. The Bertz CT molecular complexity index is 988. The number of fused-ring (bicyclic) bond motifs is 1. The van der Waals surface area contributed by atoms with Crippen molar-refractivity contribution >= 4 is 11.0 Å². The minimum atomic E-state index is -0.406. The minimum Gasteiger partial charge on any atom is -0.513 e. The predicted molar refractivity (Wildman–Crippen MR) is 160 cm³/mol. The van der Waals surface area contributed by atoms with E-state index in [9.17, 15) is 9.90 Å². The lowest BCUT2D eigenvalue weighted by molar-refractivity contribution is 0.333. The molecular weight excluding hydrogens is 448 g/mol. The topological polar surface area (TPSA) is 70.7 Å². The highest BCUT2D eigenvalue weighted by molar-refractivity contribution is 5.95. The van der Waals surface area contributed by atoms with Crippen LogP contribution in [0.5, 0.6) is 5.75 Å². The van der Waals surface area contributed by atoms with Gasteiger partial charge in [-0.05, 0) is 36.1 Å². The van der Waals surface area contributed by atoms with E-state index in [0.717, 1.165) is 29.4 Å². The number of phenols is 1. The van der Waals surface area contributed by atoms with E-state index in [1.54, 1.807) is 12.1 Å². The van der Waals surface area contributed by atoms with Gasteiger partial charge in [0.05, 0.1) is 5.76 Å². The summed E-state index contributed by atoms with van der Waals surface area (Å²) in [6.07, 6.45) is 2.75.